The highest BCUT2D eigenvalue weighted by Gasteiger charge is 2.12. The van der Waals surface area contributed by atoms with Gasteiger partial charge in [-0.2, -0.15) is 5.10 Å². The number of rotatable bonds is 6. The molecule has 6 nitrogen and oxygen atoms in total. The van der Waals surface area contributed by atoms with Crippen LogP contribution in [0.2, 0.25) is 0 Å². The average molecular weight is 452 g/mol. The van der Waals surface area contributed by atoms with Gasteiger partial charge in [-0.15, -0.1) is 0 Å². The van der Waals surface area contributed by atoms with Crippen LogP contribution in [-0.2, 0) is 13.7 Å². The highest BCUT2D eigenvalue weighted by molar-refractivity contribution is 9.10. The highest BCUT2D eigenvalue weighted by atomic mass is 79.9. The lowest BCUT2D eigenvalue weighted by Gasteiger charge is -2.05. The maximum atomic E-state index is 12.5. The Labute approximate surface area is 175 Å². The topological polar surface area (TPSA) is 68.8 Å². The lowest BCUT2D eigenvalue weighted by molar-refractivity contribution is 0.0956. The van der Waals surface area contributed by atoms with Crippen LogP contribution in [0.1, 0.15) is 21.9 Å². The zero-order valence-corrected chi connectivity index (χ0v) is 17.2. The number of carbonyl (C=O) groups excluding carboxylic acids is 1. The van der Waals surface area contributed by atoms with Crippen molar-refractivity contribution in [3.63, 3.8) is 0 Å². The van der Waals surface area contributed by atoms with Crippen LogP contribution in [0.3, 0.4) is 0 Å². The Morgan fingerprint density at radius 2 is 1.97 bits per heavy atom. The SMILES string of the molecule is Cn1cc(C(=O)N/N=C\c2ccc(COc3ccccc3Br)o2)c2ccccc21. The summed E-state index contributed by atoms with van der Waals surface area (Å²) >= 11 is 3.44. The lowest BCUT2D eigenvalue weighted by atomic mass is 10.2. The van der Waals surface area contributed by atoms with Crippen molar-refractivity contribution in [2.45, 2.75) is 6.61 Å². The maximum absolute atomic E-state index is 12.5. The molecule has 0 fully saturated rings. The molecule has 0 atom stereocenters. The van der Waals surface area contributed by atoms with Gasteiger partial charge in [0, 0.05) is 24.1 Å². The van der Waals surface area contributed by atoms with Crippen LogP contribution in [0, 0.1) is 0 Å². The van der Waals surface area contributed by atoms with E-state index in [0.717, 1.165) is 21.1 Å². The molecule has 29 heavy (non-hydrogen) atoms. The first-order chi connectivity index (χ1) is 14.1. The van der Waals surface area contributed by atoms with Crippen LogP contribution >= 0.6 is 15.9 Å². The number of aryl methyl sites for hydroxylation is 1. The molecule has 0 radical (unpaired) electrons. The molecule has 0 bridgehead atoms. The standard InChI is InChI=1S/C22H18BrN3O3/c1-26-13-18(17-6-2-4-8-20(17)26)22(27)25-24-12-15-10-11-16(29-15)14-28-21-9-5-3-7-19(21)23/h2-13H,14H2,1H3,(H,25,27)/b24-12-. The second-order valence-corrected chi connectivity index (χ2v) is 7.25. The summed E-state index contributed by atoms with van der Waals surface area (Å²) in [6.07, 6.45) is 3.25. The molecule has 0 saturated heterocycles. The summed E-state index contributed by atoms with van der Waals surface area (Å²) in [5.74, 6) is 1.64. The molecule has 0 aliphatic heterocycles. The second kappa shape index (κ2) is 8.36. The molecule has 2 heterocycles. The third kappa shape index (κ3) is 4.25. The summed E-state index contributed by atoms with van der Waals surface area (Å²) in [5.41, 5.74) is 4.11. The van der Waals surface area contributed by atoms with Crippen molar-refractivity contribution in [3.8, 4) is 5.75 Å². The molecule has 4 rings (SSSR count). The Bertz CT molecular complexity index is 1190. The summed E-state index contributed by atoms with van der Waals surface area (Å²) in [5, 5.41) is 4.89. The summed E-state index contributed by atoms with van der Waals surface area (Å²) in [6.45, 7) is 0.290. The summed E-state index contributed by atoms with van der Waals surface area (Å²) < 4.78 is 14.2. The average Bonchev–Trinajstić information content (AvgIpc) is 3.32. The Kier molecular flexibility index (Phi) is 5.48. The quantitative estimate of drug-likeness (QED) is 0.335. The van der Waals surface area contributed by atoms with E-state index in [1.165, 1.54) is 6.21 Å². The number of hydrazone groups is 1. The van der Waals surface area contributed by atoms with Crippen LogP contribution in [-0.4, -0.2) is 16.7 Å². The number of hydrogen-bond acceptors (Lipinski definition) is 4. The van der Waals surface area contributed by atoms with E-state index in [0.29, 0.717) is 23.7 Å². The Morgan fingerprint density at radius 1 is 1.17 bits per heavy atom. The van der Waals surface area contributed by atoms with E-state index in [1.54, 1.807) is 12.3 Å². The fourth-order valence-corrected chi connectivity index (χ4v) is 3.39. The number of aromatic nitrogens is 1. The molecule has 7 heteroatoms. The van der Waals surface area contributed by atoms with Gasteiger partial charge in [0.15, 0.2) is 0 Å². The maximum Gasteiger partial charge on any atom is 0.273 e. The smallest absolute Gasteiger partial charge is 0.273 e. The van der Waals surface area contributed by atoms with Crippen molar-refractivity contribution in [3.05, 3.63) is 88.4 Å². The number of halogens is 1. The first kappa shape index (κ1) is 19.0. The Hall–Kier alpha value is -3.32. The minimum absolute atomic E-state index is 0.276. The molecular formula is C22H18BrN3O3. The van der Waals surface area contributed by atoms with E-state index in [2.05, 4.69) is 26.5 Å². The van der Waals surface area contributed by atoms with Crippen molar-refractivity contribution in [2.75, 3.05) is 0 Å². The minimum Gasteiger partial charge on any atom is -0.484 e. The van der Waals surface area contributed by atoms with Crippen LogP contribution < -0.4 is 10.2 Å². The summed E-state index contributed by atoms with van der Waals surface area (Å²) in [7, 11) is 1.91. The number of fused-ring (bicyclic) bond motifs is 1. The fourth-order valence-electron chi connectivity index (χ4n) is 2.99. The third-order valence-electron chi connectivity index (χ3n) is 4.39. The van der Waals surface area contributed by atoms with Crippen LogP contribution in [0.4, 0.5) is 0 Å². The van der Waals surface area contributed by atoms with Gasteiger partial charge in [-0.1, -0.05) is 30.3 Å². The molecular weight excluding hydrogens is 434 g/mol. The van der Waals surface area contributed by atoms with E-state index in [-0.39, 0.29) is 5.91 Å². The molecule has 1 amide bonds. The number of hydrogen-bond donors (Lipinski definition) is 1. The largest absolute Gasteiger partial charge is 0.484 e. The number of benzene rings is 2. The second-order valence-electron chi connectivity index (χ2n) is 6.39. The van der Waals surface area contributed by atoms with Gasteiger partial charge in [0.1, 0.15) is 23.9 Å². The molecule has 2 aromatic carbocycles. The molecule has 0 aliphatic carbocycles. The number of para-hydroxylation sites is 2. The molecule has 0 aliphatic rings. The number of nitrogens with zero attached hydrogens (tertiary/aromatic N) is 2. The molecule has 1 N–H and O–H groups in total. The van der Waals surface area contributed by atoms with Gasteiger partial charge in [-0.25, -0.2) is 5.43 Å². The minimum atomic E-state index is -0.276. The fraction of sp³-hybridized carbons (Fsp3) is 0.0909. The molecule has 146 valence electrons. The number of amides is 1. The number of ether oxygens (including phenoxy) is 1. The van der Waals surface area contributed by atoms with E-state index in [1.807, 2.05) is 66.2 Å². The van der Waals surface area contributed by atoms with E-state index in [9.17, 15) is 4.79 Å². The zero-order valence-electron chi connectivity index (χ0n) is 15.6. The highest BCUT2D eigenvalue weighted by Crippen LogP contribution is 2.25. The van der Waals surface area contributed by atoms with Gasteiger partial charge in [0.2, 0.25) is 0 Å². The van der Waals surface area contributed by atoms with Gasteiger partial charge < -0.3 is 13.7 Å². The van der Waals surface area contributed by atoms with Crippen molar-refractivity contribution in [1.29, 1.82) is 0 Å². The van der Waals surface area contributed by atoms with Gasteiger partial charge in [0.25, 0.3) is 5.91 Å². The molecule has 0 unspecified atom stereocenters. The first-order valence-corrected chi connectivity index (χ1v) is 9.74. The van der Waals surface area contributed by atoms with Crippen LogP contribution in [0.15, 0.2) is 80.9 Å². The normalized spacial score (nSPS) is 11.2. The number of nitrogens with one attached hydrogen (secondary N) is 1. The van der Waals surface area contributed by atoms with Gasteiger partial charge >= 0.3 is 0 Å². The van der Waals surface area contributed by atoms with E-state index >= 15 is 0 Å². The summed E-state index contributed by atoms with van der Waals surface area (Å²) in [6, 6.07) is 18.9. The molecule has 0 saturated carbocycles. The molecule has 0 spiro atoms. The number of furan rings is 1. The van der Waals surface area contributed by atoms with Gasteiger partial charge in [0.05, 0.1) is 16.3 Å². The van der Waals surface area contributed by atoms with Gasteiger partial charge in [-0.3, -0.25) is 4.79 Å². The monoisotopic (exact) mass is 451 g/mol. The third-order valence-corrected chi connectivity index (χ3v) is 5.04. The Morgan fingerprint density at radius 3 is 2.83 bits per heavy atom. The van der Waals surface area contributed by atoms with Crippen molar-refractivity contribution in [2.24, 2.45) is 12.1 Å². The predicted molar refractivity (Wildman–Crippen MR) is 115 cm³/mol. The zero-order chi connectivity index (χ0) is 20.2. The van der Waals surface area contributed by atoms with E-state index in [4.69, 9.17) is 9.15 Å². The predicted octanol–water partition coefficient (Wildman–Crippen LogP) is 4.88. The van der Waals surface area contributed by atoms with Crippen LogP contribution in [0.5, 0.6) is 5.75 Å². The lowest BCUT2D eigenvalue weighted by Crippen LogP contribution is -2.17. The van der Waals surface area contributed by atoms with Crippen LogP contribution in [0.25, 0.3) is 10.9 Å². The molecule has 4 aromatic rings. The Balaban J connectivity index is 1.37. The summed E-state index contributed by atoms with van der Waals surface area (Å²) in [4.78, 5) is 12.5. The van der Waals surface area contributed by atoms with Crippen molar-refractivity contribution < 1.29 is 13.9 Å². The van der Waals surface area contributed by atoms with Gasteiger partial charge in [-0.05, 0) is 46.3 Å². The number of carbonyl (C=O) groups is 1. The van der Waals surface area contributed by atoms with E-state index < -0.39 is 0 Å². The van der Waals surface area contributed by atoms with Crippen molar-refractivity contribution in [1.82, 2.24) is 9.99 Å². The first-order valence-electron chi connectivity index (χ1n) is 8.95. The molecule has 2 aromatic heterocycles. The van der Waals surface area contributed by atoms with Crippen molar-refractivity contribution >= 4 is 39.0 Å².